The third kappa shape index (κ3) is 5.40. The van der Waals surface area contributed by atoms with E-state index in [1.54, 1.807) is 0 Å². The lowest BCUT2D eigenvalue weighted by Crippen LogP contribution is -2.42. The van der Waals surface area contributed by atoms with Crippen LogP contribution in [0.5, 0.6) is 0 Å². The van der Waals surface area contributed by atoms with Crippen LogP contribution < -0.4 is 5.73 Å². The average molecular weight is 289 g/mol. The Balaban J connectivity index is 1.76. The molecule has 1 aliphatic carbocycles. The zero-order chi connectivity index (χ0) is 15.1. The molecule has 1 heterocycles. The van der Waals surface area contributed by atoms with Crippen LogP contribution in [0.1, 0.15) is 44.6 Å². The van der Waals surface area contributed by atoms with Crippen molar-refractivity contribution >= 4 is 0 Å². The smallest absolute Gasteiger partial charge is 0.0270 e. The molecule has 0 aliphatic heterocycles. The molecule has 1 fully saturated rings. The number of aromatic nitrogens is 1. The number of hydrogen-bond donors (Lipinski definition) is 1. The molecule has 0 aromatic carbocycles. The van der Waals surface area contributed by atoms with Crippen molar-refractivity contribution in [2.45, 2.75) is 51.5 Å². The molecular weight excluding hydrogens is 258 g/mol. The lowest BCUT2D eigenvalue weighted by atomic mass is 9.76. The fourth-order valence-electron chi connectivity index (χ4n) is 3.63. The van der Waals surface area contributed by atoms with Gasteiger partial charge in [-0.15, -0.1) is 0 Å². The monoisotopic (exact) mass is 289 g/mol. The highest BCUT2D eigenvalue weighted by Gasteiger charge is 2.28. The summed E-state index contributed by atoms with van der Waals surface area (Å²) in [6.07, 6.45) is 11.4. The van der Waals surface area contributed by atoms with Gasteiger partial charge < -0.3 is 10.6 Å². The van der Waals surface area contributed by atoms with Crippen molar-refractivity contribution in [1.82, 2.24) is 9.88 Å². The van der Waals surface area contributed by atoms with E-state index in [9.17, 15) is 0 Å². The van der Waals surface area contributed by atoms with E-state index in [4.69, 9.17) is 5.73 Å². The number of pyridine rings is 1. The molecule has 118 valence electrons. The number of nitrogens with zero attached hydrogens (tertiary/aromatic N) is 2. The zero-order valence-electron chi connectivity index (χ0n) is 13.7. The number of likely N-dealkylation sites (N-methyl/N-ethyl adjacent to an activating group) is 1. The Bertz CT molecular complexity index is 393. The molecule has 0 saturated heterocycles. The summed E-state index contributed by atoms with van der Waals surface area (Å²) in [5, 5.41) is 0. The summed E-state index contributed by atoms with van der Waals surface area (Å²) in [6, 6.07) is 4.62. The second-order valence-corrected chi connectivity index (χ2v) is 6.76. The standard InChI is InChI=1S/C18H31N3/c1-3-4-16-5-6-18(19)17(13-16)14-21(2)12-9-15-7-10-20-11-8-15/h7-8,10-11,16-18H,3-6,9,12-14,19H2,1-2H3. The van der Waals surface area contributed by atoms with Gasteiger partial charge in [0.15, 0.2) is 0 Å². The second-order valence-electron chi connectivity index (χ2n) is 6.76. The molecular formula is C18H31N3. The van der Waals surface area contributed by atoms with Crippen LogP contribution in [0.4, 0.5) is 0 Å². The van der Waals surface area contributed by atoms with Crippen LogP contribution in [-0.2, 0) is 6.42 Å². The van der Waals surface area contributed by atoms with E-state index >= 15 is 0 Å². The van der Waals surface area contributed by atoms with Crippen LogP contribution in [0, 0.1) is 11.8 Å². The molecule has 2 rings (SSSR count). The first-order chi connectivity index (χ1) is 10.2. The van der Waals surface area contributed by atoms with E-state index in [1.165, 1.54) is 37.7 Å². The SMILES string of the molecule is CCCC1CCC(N)C(CN(C)CCc2ccncc2)C1. The number of nitrogens with two attached hydrogens (primary N) is 1. The first-order valence-electron chi connectivity index (χ1n) is 8.52. The quantitative estimate of drug-likeness (QED) is 0.838. The van der Waals surface area contributed by atoms with Gasteiger partial charge in [-0.25, -0.2) is 0 Å². The van der Waals surface area contributed by atoms with E-state index in [-0.39, 0.29) is 0 Å². The highest BCUT2D eigenvalue weighted by molar-refractivity contribution is 5.09. The first kappa shape index (κ1) is 16.4. The Morgan fingerprint density at radius 2 is 2.05 bits per heavy atom. The molecule has 3 heteroatoms. The molecule has 0 amide bonds. The summed E-state index contributed by atoms with van der Waals surface area (Å²) >= 11 is 0. The van der Waals surface area contributed by atoms with E-state index in [2.05, 4.69) is 36.0 Å². The van der Waals surface area contributed by atoms with E-state index in [0.29, 0.717) is 12.0 Å². The third-order valence-electron chi connectivity index (χ3n) is 4.92. The third-order valence-corrected chi connectivity index (χ3v) is 4.92. The Morgan fingerprint density at radius 3 is 2.76 bits per heavy atom. The predicted molar refractivity (Wildman–Crippen MR) is 89.2 cm³/mol. The van der Waals surface area contributed by atoms with Gasteiger partial charge in [-0.05, 0) is 62.3 Å². The molecule has 3 nitrogen and oxygen atoms in total. The normalized spacial score (nSPS) is 26.2. The molecule has 1 aromatic rings. The molecule has 0 spiro atoms. The highest BCUT2D eigenvalue weighted by Crippen LogP contribution is 2.31. The van der Waals surface area contributed by atoms with Crippen molar-refractivity contribution in [3.05, 3.63) is 30.1 Å². The first-order valence-corrected chi connectivity index (χ1v) is 8.52. The number of rotatable bonds is 7. The minimum Gasteiger partial charge on any atom is -0.327 e. The summed E-state index contributed by atoms with van der Waals surface area (Å²) in [6.45, 7) is 4.54. The van der Waals surface area contributed by atoms with Crippen LogP contribution in [0.25, 0.3) is 0 Å². The molecule has 0 bridgehead atoms. The van der Waals surface area contributed by atoms with Crippen LogP contribution in [0.2, 0.25) is 0 Å². The summed E-state index contributed by atoms with van der Waals surface area (Å²) in [5.74, 6) is 1.59. The molecule has 2 N–H and O–H groups in total. The summed E-state index contributed by atoms with van der Waals surface area (Å²) in [7, 11) is 2.23. The van der Waals surface area contributed by atoms with Gasteiger partial charge in [0.25, 0.3) is 0 Å². The fraction of sp³-hybridized carbons (Fsp3) is 0.722. The molecule has 21 heavy (non-hydrogen) atoms. The maximum atomic E-state index is 6.36. The summed E-state index contributed by atoms with van der Waals surface area (Å²) in [5.41, 5.74) is 7.73. The average Bonchev–Trinajstić information content (AvgIpc) is 2.50. The van der Waals surface area contributed by atoms with E-state index < -0.39 is 0 Å². The van der Waals surface area contributed by atoms with Gasteiger partial charge in [0.2, 0.25) is 0 Å². The van der Waals surface area contributed by atoms with Crippen molar-refractivity contribution < 1.29 is 0 Å². The van der Waals surface area contributed by atoms with Gasteiger partial charge in [-0.3, -0.25) is 4.98 Å². The highest BCUT2D eigenvalue weighted by atomic mass is 15.1. The van der Waals surface area contributed by atoms with Crippen LogP contribution in [0.3, 0.4) is 0 Å². The zero-order valence-corrected chi connectivity index (χ0v) is 13.7. The molecule has 3 unspecified atom stereocenters. The van der Waals surface area contributed by atoms with Gasteiger partial charge in [-0.1, -0.05) is 19.8 Å². The van der Waals surface area contributed by atoms with E-state index in [1.807, 2.05) is 12.4 Å². The van der Waals surface area contributed by atoms with Crippen molar-refractivity contribution in [2.75, 3.05) is 20.1 Å². The van der Waals surface area contributed by atoms with Gasteiger partial charge in [0, 0.05) is 31.5 Å². The Labute approximate surface area is 129 Å². The molecule has 0 radical (unpaired) electrons. The van der Waals surface area contributed by atoms with Crippen molar-refractivity contribution in [3.63, 3.8) is 0 Å². The lowest BCUT2D eigenvalue weighted by molar-refractivity contribution is 0.169. The van der Waals surface area contributed by atoms with Crippen molar-refractivity contribution in [2.24, 2.45) is 17.6 Å². The van der Waals surface area contributed by atoms with Crippen LogP contribution >= 0.6 is 0 Å². The predicted octanol–water partition coefficient (Wildman–Crippen LogP) is 3.10. The lowest BCUT2D eigenvalue weighted by Gasteiger charge is -2.36. The molecule has 1 aromatic heterocycles. The Kier molecular flexibility index (Phi) is 6.65. The molecule has 1 saturated carbocycles. The van der Waals surface area contributed by atoms with Gasteiger partial charge in [0.05, 0.1) is 0 Å². The molecule has 1 aliphatic rings. The van der Waals surface area contributed by atoms with Gasteiger partial charge in [0.1, 0.15) is 0 Å². The molecule has 3 atom stereocenters. The van der Waals surface area contributed by atoms with Gasteiger partial charge >= 0.3 is 0 Å². The Morgan fingerprint density at radius 1 is 1.29 bits per heavy atom. The summed E-state index contributed by atoms with van der Waals surface area (Å²) in [4.78, 5) is 6.53. The topological polar surface area (TPSA) is 42.1 Å². The minimum atomic E-state index is 0.404. The van der Waals surface area contributed by atoms with Crippen LogP contribution in [-0.4, -0.2) is 36.1 Å². The minimum absolute atomic E-state index is 0.404. The van der Waals surface area contributed by atoms with E-state index in [0.717, 1.165) is 25.4 Å². The largest absolute Gasteiger partial charge is 0.327 e. The van der Waals surface area contributed by atoms with Gasteiger partial charge in [-0.2, -0.15) is 0 Å². The van der Waals surface area contributed by atoms with Crippen molar-refractivity contribution in [3.8, 4) is 0 Å². The Hall–Kier alpha value is -0.930. The fourth-order valence-corrected chi connectivity index (χ4v) is 3.63. The van der Waals surface area contributed by atoms with Crippen LogP contribution in [0.15, 0.2) is 24.5 Å². The maximum Gasteiger partial charge on any atom is 0.0270 e. The van der Waals surface area contributed by atoms with Crippen molar-refractivity contribution in [1.29, 1.82) is 0 Å². The maximum absolute atomic E-state index is 6.36. The number of hydrogen-bond acceptors (Lipinski definition) is 3. The second kappa shape index (κ2) is 8.50. The summed E-state index contributed by atoms with van der Waals surface area (Å²) < 4.78 is 0.